The molecule has 1 rings (SSSR count). The Morgan fingerprint density at radius 2 is 1.94 bits per heavy atom. The van der Waals surface area contributed by atoms with Crippen LogP contribution < -0.4 is 4.72 Å². The van der Waals surface area contributed by atoms with Crippen LogP contribution in [0.3, 0.4) is 0 Å². The van der Waals surface area contributed by atoms with Crippen molar-refractivity contribution in [2.24, 2.45) is 0 Å². The van der Waals surface area contributed by atoms with Gasteiger partial charge in [0.05, 0.1) is 17.4 Å². The van der Waals surface area contributed by atoms with E-state index in [2.05, 4.69) is 4.72 Å². The lowest BCUT2D eigenvalue weighted by atomic mass is 10.2. The molecule has 4 nitrogen and oxygen atoms in total. The molecule has 0 aliphatic rings. The van der Waals surface area contributed by atoms with Gasteiger partial charge in [-0.15, -0.1) is 11.6 Å². The first kappa shape index (κ1) is 14.0. The van der Waals surface area contributed by atoms with Crippen LogP contribution >= 0.6 is 11.6 Å². The van der Waals surface area contributed by atoms with E-state index < -0.39 is 10.0 Å². The summed E-state index contributed by atoms with van der Waals surface area (Å²) >= 11 is 5.46. The van der Waals surface area contributed by atoms with Crippen molar-refractivity contribution in [3.8, 4) is 6.07 Å². The zero-order chi connectivity index (χ0) is 12.7. The summed E-state index contributed by atoms with van der Waals surface area (Å²) in [5, 5.41) is 8.61. The predicted octanol–water partition coefficient (Wildman–Crippen LogP) is 1.61. The average molecular weight is 273 g/mol. The van der Waals surface area contributed by atoms with Gasteiger partial charge in [-0.05, 0) is 24.1 Å². The van der Waals surface area contributed by atoms with Gasteiger partial charge in [0.1, 0.15) is 0 Å². The highest BCUT2D eigenvalue weighted by Gasteiger charge is 2.10. The van der Waals surface area contributed by atoms with Crippen molar-refractivity contribution < 1.29 is 8.42 Å². The molecule has 0 heterocycles. The van der Waals surface area contributed by atoms with Gasteiger partial charge in [-0.2, -0.15) is 5.26 Å². The monoisotopic (exact) mass is 272 g/mol. The smallest absolute Gasteiger partial charge is 0.215 e. The molecule has 1 aromatic carbocycles. The summed E-state index contributed by atoms with van der Waals surface area (Å²) in [6, 6.07) is 8.46. The number of rotatable bonds is 6. The van der Waals surface area contributed by atoms with Crippen LogP contribution in [0, 0.1) is 11.3 Å². The molecule has 1 N–H and O–H groups in total. The molecule has 0 saturated heterocycles. The van der Waals surface area contributed by atoms with E-state index in [1.54, 1.807) is 24.3 Å². The maximum Gasteiger partial charge on any atom is 0.215 e. The first-order valence-corrected chi connectivity index (χ1v) is 7.28. The predicted molar refractivity (Wildman–Crippen MR) is 67.1 cm³/mol. The fraction of sp³-hybridized carbons (Fsp3) is 0.364. The minimum atomic E-state index is -3.32. The first-order valence-electron chi connectivity index (χ1n) is 5.10. The van der Waals surface area contributed by atoms with E-state index in [-0.39, 0.29) is 5.75 Å². The summed E-state index contributed by atoms with van der Waals surface area (Å²) in [5.74, 6) is 0.348. The summed E-state index contributed by atoms with van der Waals surface area (Å²) in [7, 11) is -3.32. The second-order valence-corrected chi connectivity index (χ2v) is 5.69. The third kappa shape index (κ3) is 5.18. The van der Waals surface area contributed by atoms with E-state index in [4.69, 9.17) is 16.9 Å². The lowest BCUT2D eigenvalue weighted by Crippen LogP contribution is -2.26. The Morgan fingerprint density at radius 3 is 2.47 bits per heavy atom. The van der Waals surface area contributed by atoms with Crippen LogP contribution in [-0.2, 0) is 15.8 Å². The van der Waals surface area contributed by atoms with Crippen molar-refractivity contribution in [3.63, 3.8) is 0 Å². The van der Waals surface area contributed by atoms with Gasteiger partial charge in [-0.3, -0.25) is 0 Å². The van der Waals surface area contributed by atoms with E-state index in [0.717, 1.165) is 0 Å². The zero-order valence-electron chi connectivity index (χ0n) is 9.19. The molecular weight excluding hydrogens is 260 g/mol. The zero-order valence-corrected chi connectivity index (χ0v) is 10.8. The molecule has 0 spiro atoms. The summed E-state index contributed by atoms with van der Waals surface area (Å²) in [6.07, 6.45) is 0.605. The fourth-order valence-corrected chi connectivity index (χ4v) is 2.56. The van der Waals surface area contributed by atoms with Crippen molar-refractivity contribution in [2.45, 2.75) is 12.2 Å². The molecule has 1 aromatic rings. The van der Waals surface area contributed by atoms with E-state index in [9.17, 15) is 8.42 Å². The standard InChI is InChI=1S/C11H13ClN2O2S/c12-6-1-7-14-17(15,16)9-11-4-2-10(8-13)3-5-11/h2-5,14H,1,6-7,9H2. The third-order valence-corrected chi connectivity index (χ3v) is 3.70. The Hall–Kier alpha value is -1.09. The lowest BCUT2D eigenvalue weighted by molar-refractivity contribution is 0.580. The number of nitriles is 1. The molecule has 0 aliphatic heterocycles. The van der Waals surface area contributed by atoms with Gasteiger partial charge in [0.2, 0.25) is 10.0 Å². The molecule has 17 heavy (non-hydrogen) atoms. The van der Waals surface area contributed by atoms with Crippen LogP contribution in [0.15, 0.2) is 24.3 Å². The molecule has 6 heteroatoms. The van der Waals surface area contributed by atoms with Crippen LogP contribution in [0.5, 0.6) is 0 Å². The molecule has 0 saturated carbocycles. The molecule has 0 bridgehead atoms. The van der Waals surface area contributed by atoms with E-state index in [1.807, 2.05) is 6.07 Å². The molecule has 0 atom stereocenters. The van der Waals surface area contributed by atoms with Crippen molar-refractivity contribution in [1.29, 1.82) is 5.26 Å². The minimum Gasteiger partial charge on any atom is -0.215 e. The van der Waals surface area contributed by atoms with Crippen molar-refractivity contribution in [1.82, 2.24) is 4.72 Å². The quantitative estimate of drug-likeness (QED) is 0.632. The number of benzene rings is 1. The van der Waals surface area contributed by atoms with Gasteiger partial charge >= 0.3 is 0 Å². The largest absolute Gasteiger partial charge is 0.215 e. The summed E-state index contributed by atoms with van der Waals surface area (Å²) in [5.41, 5.74) is 1.17. The third-order valence-electron chi connectivity index (χ3n) is 2.07. The maximum atomic E-state index is 11.6. The van der Waals surface area contributed by atoms with Gasteiger partial charge in [-0.25, -0.2) is 13.1 Å². The number of alkyl halides is 1. The number of nitrogens with zero attached hydrogens (tertiary/aromatic N) is 1. The topological polar surface area (TPSA) is 70.0 Å². The van der Waals surface area contributed by atoms with Crippen LogP contribution in [0.1, 0.15) is 17.5 Å². The molecule has 0 fully saturated rings. The molecule has 0 unspecified atom stereocenters. The maximum absolute atomic E-state index is 11.6. The highest BCUT2D eigenvalue weighted by atomic mass is 35.5. The number of hydrogen-bond donors (Lipinski definition) is 1. The second-order valence-electron chi connectivity index (χ2n) is 3.50. The Kier molecular flexibility index (Phi) is 5.42. The van der Waals surface area contributed by atoms with Crippen molar-refractivity contribution in [3.05, 3.63) is 35.4 Å². The number of sulfonamides is 1. The Bertz CT molecular complexity index is 491. The summed E-state index contributed by atoms with van der Waals surface area (Å²) in [4.78, 5) is 0. The number of hydrogen-bond acceptors (Lipinski definition) is 3. The molecule has 0 aliphatic carbocycles. The van der Waals surface area contributed by atoms with Gasteiger partial charge < -0.3 is 0 Å². The van der Waals surface area contributed by atoms with Gasteiger partial charge in [0, 0.05) is 12.4 Å². The molecular formula is C11H13ClN2O2S. The normalized spacial score (nSPS) is 11.1. The van der Waals surface area contributed by atoms with E-state index in [0.29, 0.717) is 30.0 Å². The molecule has 0 radical (unpaired) electrons. The SMILES string of the molecule is N#Cc1ccc(CS(=O)(=O)NCCCCl)cc1. The molecule has 92 valence electrons. The molecule has 0 aromatic heterocycles. The van der Waals surface area contributed by atoms with Crippen LogP contribution in [-0.4, -0.2) is 20.8 Å². The highest BCUT2D eigenvalue weighted by molar-refractivity contribution is 7.88. The van der Waals surface area contributed by atoms with Gasteiger partial charge in [0.15, 0.2) is 0 Å². The summed E-state index contributed by atoms with van der Waals surface area (Å²) < 4.78 is 25.7. The first-order chi connectivity index (χ1) is 8.07. The Morgan fingerprint density at radius 1 is 1.29 bits per heavy atom. The van der Waals surface area contributed by atoms with Crippen LogP contribution in [0.4, 0.5) is 0 Å². The van der Waals surface area contributed by atoms with E-state index >= 15 is 0 Å². The number of halogens is 1. The summed E-state index contributed by atoms with van der Waals surface area (Å²) in [6.45, 7) is 0.349. The van der Waals surface area contributed by atoms with Gasteiger partial charge in [0.25, 0.3) is 0 Å². The average Bonchev–Trinajstić information content (AvgIpc) is 2.30. The van der Waals surface area contributed by atoms with Gasteiger partial charge in [-0.1, -0.05) is 12.1 Å². The van der Waals surface area contributed by atoms with Crippen LogP contribution in [0.2, 0.25) is 0 Å². The molecule has 0 amide bonds. The lowest BCUT2D eigenvalue weighted by Gasteiger charge is -2.05. The number of nitrogens with one attached hydrogen (secondary N) is 1. The van der Waals surface area contributed by atoms with Crippen LogP contribution in [0.25, 0.3) is 0 Å². The van der Waals surface area contributed by atoms with Crippen molar-refractivity contribution >= 4 is 21.6 Å². The fourth-order valence-electron chi connectivity index (χ4n) is 1.24. The van der Waals surface area contributed by atoms with E-state index in [1.165, 1.54) is 0 Å². The Labute approximate surface area is 106 Å². The highest BCUT2D eigenvalue weighted by Crippen LogP contribution is 2.07. The van der Waals surface area contributed by atoms with Crippen molar-refractivity contribution in [2.75, 3.05) is 12.4 Å². The second kappa shape index (κ2) is 6.60. The minimum absolute atomic E-state index is 0.0823. The Balaban J connectivity index is 2.60.